The van der Waals surface area contributed by atoms with E-state index >= 15 is 0 Å². The molecule has 1 unspecified atom stereocenters. The summed E-state index contributed by atoms with van der Waals surface area (Å²) >= 11 is 0. The maximum Gasteiger partial charge on any atom is 0.308 e. The lowest BCUT2D eigenvalue weighted by Crippen LogP contribution is -2.14. The first kappa shape index (κ1) is 9.47. The van der Waals surface area contributed by atoms with Crippen LogP contribution in [0, 0.1) is 18.8 Å². The predicted octanol–water partition coefficient (Wildman–Crippen LogP) is 1.66. The number of carbonyl (C=O) groups excluding carboxylic acids is 1. The predicted molar refractivity (Wildman–Crippen MR) is 40.3 cm³/mol. The molecule has 0 saturated heterocycles. The lowest BCUT2D eigenvalue weighted by Gasteiger charge is -2.08. The number of esters is 1. The molecule has 0 amide bonds. The summed E-state index contributed by atoms with van der Waals surface area (Å²) in [6.07, 6.45) is 0. The highest BCUT2D eigenvalue weighted by atomic mass is 16.5. The minimum absolute atomic E-state index is 0.0289. The summed E-state index contributed by atoms with van der Waals surface area (Å²) in [5.74, 6) is 0.0111. The van der Waals surface area contributed by atoms with Crippen LogP contribution in [0.2, 0.25) is 0 Å². The molecule has 0 bridgehead atoms. The van der Waals surface area contributed by atoms with Crippen molar-refractivity contribution in [3.05, 3.63) is 6.92 Å². The Kier molecular flexibility index (Phi) is 4.08. The van der Waals surface area contributed by atoms with Gasteiger partial charge in [0, 0.05) is 0 Å². The Morgan fingerprint density at radius 3 is 2.30 bits per heavy atom. The zero-order valence-electron chi connectivity index (χ0n) is 6.89. The van der Waals surface area contributed by atoms with Crippen LogP contribution in [0.15, 0.2) is 0 Å². The molecule has 0 aliphatic heterocycles. The highest BCUT2D eigenvalue weighted by Gasteiger charge is 2.07. The first-order valence-electron chi connectivity index (χ1n) is 3.53. The molecule has 0 spiro atoms. The van der Waals surface area contributed by atoms with Gasteiger partial charge in [-0.2, -0.15) is 0 Å². The van der Waals surface area contributed by atoms with Crippen LogP contribution in [0.4, 0.5) is 0 Å². The van der Waals surface area contributed by atoms with Gasteiger partial charge in [-0.3, -0.25) is 4.79 Å². The van der Waals surface area contributed by atoms with Crippen LogP contribution in [0.3, 0.4) is 0 Å². The molecule has 0 aliphatic rings. The quantitative estimate of drug-likeness (QED) is 0.561. The molecule has 59 valence electrons. The van der Waals surface area contributed by atoms with Gasteiger partial charge >= 0.3 is 5.97 Å². The molecule has 0 saturated carbocycles. The molecule has 2 heteroatoms. The van der Waals surface area contributed by atoms with Crippen LogP contribution < -0.4 is 0 Å². The van der Waals surface area contributed by atoms with Gasteiger partial charge < -0.3 is 4.74 Å². The smallest absolute Gasteiger partial charge is 0.308 e. The van der Waals surface area contributed by atoms with Crippen molar-refractivity contribution in [1.82, 2.24) is 0 Å². The number of carbonyl (C=O) groups is 1. The van der Waals surface area contributed by atoms with Crippen molar-refractivity contribution in [3.63, 3.8) is 0 Å². The van der Waals surface area contributed by atoms with Gasteiger partial charge in [-0.05, 0) is 12.8 Å². The van der Waals surface area contributed by atoms with Crippen molar-refractivity contribution < 1.29 is 9.53 Å². The third-order valence-corrected chi connectivity index (χ3v) is 0.982. The van der Waals surface area contributed by atoms with E-state index < -0.39 is 0 Å². The summed E-state index contributed by atoms with van der Waals surface area (Å²) in [5.41, 5.74) is 0. The lowest BCUT2D eigenvalue weighted by molar-refractivity contribution is -0.148. The standard InChI is InChI=1S/C8H15O2/c1-6(2)5-10-8(9)7(3)4/h6-7H,1,5H2,2-4H3. The highest BCUT2D eigenvalue weighted by molar-refractivity contribution is 5.71. The normalized spacial score (nSPS) is 10.6. The largest absolute Gasteiger partial charge is 0.465 e. The Morgan fingerprint density at radius 1 is 1.50 bits per heavy atom. The van der Waals surface area contributed by atoms with Gasteiger partial charge in [0.2, 0.25) is 0 Å². The van der Waals surface area contributed by atoms with Crippen LogP contribution in [0.1, 0.15) is 20.8 Å². The van der Waals surface area contributed by atoms with Crippen molar-refractivity contribution in [3.8, 4) is 0 Å². The fourth-order valence-electron chi connectivity index (χ4n) is 0.391. The zero-order valence-corrected chi connectivity index (χ0v) is 6.89. The molecule has 1 radical (unpaired) electrons. The van der Waals surface area contributed by atoms with Gasteiger partial charge in [-0.1, -0.05) is 20.8 Å². The lowest BCUT2D eigenvalue weighted by atomic mass is 10.2. The van der Waals surface area contributed by atoms with E-state index in [1.165, 1.54) is 0 Å². The first-order valence-corrected chi connectivity index (χ1v) is 3.53. The van der Waals surface area contributed by atoms with E-state index in [4.69, 9.17) is 4.74 Å². The fraction of sp³-hybridized carbons (Fsp3) is 0.750. The summed E-state index contributed by atoms with van der Waals surface area (Å²) < 4.78 is 4.86. The molecule has 1 atom stereocenters. The number of hydrogen-bond acceptors (Lipinski definition) is 2. The monoisotopic (exact) mass is 143 g/mol. The van der Waals surface area contributed by atoms with Crippen LogP contribution in [-0.4, -0.2) is 12.6 Å². The van der Waals surface area contributed by atoms with Gasteiger partial charge in [-0.25, -0.2) is 0 Å². The van der Waals surface area contributed by atoms with E-state index in [9.17, 15) is 4.79 Å². The summed E-state index contributed by atoms with van der Waals surface area (Å²) in [5, 5.41) is 0. The molecule has 10 heavy (non-hydrogen) atoms. The molecule has 0 aromatic rings. The topological polar surface area (TPSA) is 26.3 Å². The Morgan fingerprint density at radius 2 is 2.00 bits per heavy atom. The SMILES string of the molecule is [CH2]C(C)COC(=O)C(C)C. The van der Waals surface area contributed by atoms with Crippen LogP contribution in [0.5, 0.6) is 0 Å². The summed E-state index contributed by atoms with van der Waals surface area (Å²) in [4.78, 5) is 10.8. The number of hydrogen-bond donors (Lipinski definition) is 0. The van der Waals surface area contributed by atoms with Gasteiger partial charge in [-0.15, -0.1) is 0 Å². The molecule has 0 aliphatic carbocycles. The van der Waals surface area contributed by atoms with E-state index in [-0.39, 0.29) is 17.8 Å². The fourth-order valence-corrected chi connectivity index (χ4v) is 0.391. The Hall–Kier alpha value is -0.530. The summed E-state index contributed by atoms with van der Waals surface area (Å²) in [7, 11) is 0. The molecule has 2 nitrogen and oxygen atoms in total. The van der Waals surface area contributed by atoms with E-state index in [2.05, 4.69) is 6.92 Å². The highest BCUT2D eigenvalue weighted by Crippen LogP contribution is 1.98. The van der Waals surface area contributed by atoms with E-state index in [1.807, 2.05) is 20.8 Å². The first-order chi connectivity index (χ1) is 4.54. The Balaban J connectivity index is 3.40. The van der Waals surface area contributed by atoms with Crippen molar-refractivity contribution in [2.45, 2.75) is 20.8 Å². The molecule has 0 rings (SSSR count). The van der Waals surface area contributed by atoms with Gasteiger partial charge in [0.25, 0.3) is 0 Å². The minimum Gasteiger partial charge on any atom is -0.465 e. The van der Waals surface area contributed by atoms with Crippen LogP contribution in [-0.2, 0) is 9.53 Å². The number of rotatable bonds is 3. The van der Waals surface area contributed by atoms with E-state index in [0.29, 0.717) is 6.61 Å². The second-order valence-electron chi connectivity index (χ2n) is 2.89. The molecule has 0 heterocycles. The van der Waals surface area contributed by atoms with Crippen LogP contribution >= 0.6 is 0 Å². The van der Waals surface area contributed by atoms with Crippen molar-refractivity contribution >= 4 is 5.97 Å². The van der Waals surface area contributed by atoms with Crippen molar-refractivity contribution in [2.24, 2.45) is 11.8 Å². The summed E-state index contributed by atoms with van der Waals surface area (Å²) in [6.45, 7) is 9.66. The third-order valence-electron chi connectivity index (χ3n) is 0.982. The van der Waals surface area contributed by atoms with Crippen LogP contribution in [0.25, 0.3) is 0 Å². The molecule has 0 aromatic heterocycles. The third kappa shape index (κ3) is 4.36. The van der Waals surface area contributed by atoms with E-state index in [1.54, 1.807) is 0 Å². The van der Waals surface area contributed by atoms with Gasteiger partial charge in [0.1, 0.15) is 0 Å². The molecular weight excluding hydrogens is 128 g/mol. The number of ether oxygens (including phenoxy) is 1. The molecule has 0 aromatic carbocycles. The molecule has 0 N–H and O–H groups in total. The van der Waals surface area contributed by atoms with Gasteiger partial charge in [0.05, 0.1) is 12.5 Å². The van der Waals surface area contributed by atoms with Crippen molar-refractivity contribution in [2.75, 3.05) is 6.61 Å². The maximum atomic E-state index is 10.8. The maximum absolute atomic E-state index is 10.8. The molecular formula is C8H15O2. The zero-order chi connectivity index (χ0) is 8.15. The Labute approximate surface area is 62.6 Å². The average Bonchev–Trinajstić information content (AvgIpc) is 1.82. The second kappa shape index (κ2) is 4.31. The minimum atomic E-state index is -0.143. The molecule has 0 fully saturated rings. The van der Waals surface area contributed by atoms with E-state index in [0.717, 1.165) is 0 Å². The Bertz CT molecular complexity index is 106. The second-order valence-corrected chi connectivity index (χ2v) is 2.89. The average molecular weight is 143 g/mol. The van der Waals surface area contributed by atoms with Gasteiger partial charge in [0.15, 0.2) is 0 Å². The van der Waals surface area contributed by atoms with Crippen molar-refractivity contribution in [1.29, 1.82) is 0 Å². The summed E-state index contributed by atoms with van der Waals surface area (Å²) in [6, 6.07) is 0.